The van der Waals surface area contributed by atoms with Crippen LogP contribution in [0.1, 0.15) is 41.3 Å². The van der Waals surface area contributed by atoms with E-state index in [1.54, 1.807) is 12.1 Å². The lowest BCUT2D eigenvalue weighted by molar-refractivity contribution is 0.0696. The molecule has 0 radical (unpaired) electrons. The first-order valence-corrected chi connectivity index (χ1v) is 6.61. The molecule has 0 aliphatic carbocycles. The Bertz CT molecular complexity index is 704. The number of carboxylic acid groups (broad SMARTS) is 1. The van der Waals surface area contributed by atoms with Gasteiger partial charge in [-0.15, -0.1) is 0 Å². The smallest absolute Gasteiger partial charge is 0.340 e. The second kappa shape index (κ2) is 5.61. The average molecular weight is 290 g/mol. The molecule has 2 aromatic rings. The molecule has 5 heteroatoms. The lowest BCUT2D eigenvalue weighted by Crippen LogP contribution is -2.03. The number of methoxy groups -OCH3 is 1. The molecule has 2 aromatic carbocycles. The van der Waals surface area contributed by atoms with Crippen LogP contribution in [0.15, 0.2) is 18.2 Å². The molecule has 0 heterocycles. The van der Waals surface area contributed by atoms with E-state index in [4.69, 9.17) is 4.74 Å². The Hall–Kier alpha value is -2.27. The summed E-state index contributed by atoms with van der Waals surface area (Å²) in [5.41, 5.74) is 1.25. The summed E-state index contributed by atoms with van der Waals surface area (Å²) < 4.78 is 5.18. The lowest BCUT2D eigenvalue weighted by atomic mass is 9.91. The Kier molecular flexibility index (Phi) is 4.04. The molecule has 0 aliphatic heterocycles. The number of ether oxygens (including phenoxy) is 1. The highest BCUT2D eigenvalue weighted by Gasteiger charge is 2.20. The van der Waals surface area contributed by atoms with E-state index in [2.05, 4.69) is 0 Å². The molecule has 0 unspecified atom stereocenters. The largest absolute Gasteiger partial charge is 0.507 e. The normalized spacial score (nSPS) is 11.1. The van der Waals surface area contributed by atoms with E-state index in [-0.39, 0.29) is 23.8 Å². The van der Waals surface area contributed by atoms with Crippen LogP contribution in [0.5, 0.6) is 11.5 Å². The van der Waals surface area contributed by atoms with Crippen LogP contribution in [0, 0.1) is 0 Å². The van der Waals surface area contributed by atoms with Gasteiger partial charge in [-0.25, -0.2) is 4.79 Å². The molecule has 0 aliphatic rings. The van der Waals surface area contributed by atoms with Gasteiger partial charge in [-0.3, -0.25) is 0 Å². The van der Waals surface area contributed by atoms with Crippen molar-refractivity contribution in [3.63, 3.8) is 0 Å². The van der Waals surface area contributed by atoms with E-state index >= 15 is 0 Å². The number of phenols is 1. The summed E-state index contributed by atoms with van der Waals surface area (Å²) in [4.78, 5) is 11.4. The van der Waals surface area contributed by atoms with Crippen molar-refractivity contribution in [1.29, 1.82) is 0 Å². The number of aliphatic hydroxyl groups is 1. The Balaban J connectivity index is 2.97. The van der Waals surface area contributed by atoms with Crippen LogP contribution in [0.4, 0.5) is 0 Å². The number of aromatic hydroxyl groups is 1. The summed E-state index contributed by atoms with van der Waals surface area (Å²) in [6.07, 6.45) is 0. The van der Waals surface area contributed by atoms with E-state index in [9.17, 15) is 20.1 Å². The Morgan fingerprint density at radius 2 is 1.90 bits per heavy atom. The summed E-state index contributed by atoms with van der Waals surface area (Å²) in [5.74, 6) is -0.974. The number of fused-ring (bicyclic) bond motifs is 1. The zero-order chi connectivity index (χ0) is 15.7. The third-order valence-corrected chi connectivity index (χ3v) is 3.56. The molecule has 2 rings (SSSR count). The number of rotatable bonds is 4. The minimum absolute atomic E-state index is 0.0983. The molecule has 0 amide bonds. The third kappa shape index (κ3) is 2.52. The quantitative estimate of drug-likeness (QED) is 0.806. The highest BCUT2D eigenvalue weighted by molar-refractivity contribution is 6.08. The van der Waals surface area contributed by atoms with E-state index in [0.717, 1.165) is 5.56 Å². The van der Waals surface area contributed by atoms with Crippen LogP contribution in [0.3, 0.4) is 0 Å². The molecule has 0 aromatic heterocycles. The number of carbonyl (C=O) groups is 1. The van der Waals surface area contributed by atoms with Gasteiger partial charge >= 0.3 is 5.97 Å². The molecule has 0 fully saturated rings. The number of aliphatic hydroxyl groups excluding tert-OH is 1. The minimum Gasteiger partial charge on any atom is -0.507 e. The minimum atomic E-state index is -1.20. The molecular weight excluding hydrogens is 272 g/mol. The molecule has 3 N–H and O–H groups in total. The van der Waals surface area contributed by atoms with Crippen molar-refractivity contribution >= 4 is 16.7 Å². The fraction of sp³-hybridized carbons (Fsp3) is 0.312. The molecule has 112 valence electrons. The molecule has 0 saturated heterocycles. The van der Waals surface area contributed by atoms with Gasteiger partial charge in [0.15, 0.2) is 0 Å². The van der Waals surface area contributed by atoms with Gasteiger partial charge in [-0.1, -0.05) is 13.8 Å². The van der Waals surface area contributed by atoms with Crippen molar-refractivity contribution in [2.75, 3.05) is 7.11 Å². The predicted octanol–water partition coefficient (Wildman–Crippen LogP) is 2.87. The Labute approximate surface area is 122 Å². The van der Waals surface area contributed by atoms with Crippen LogP contribution in [0.2, 0.25) is 0 Å². The number of benzene rings is 2. The van der Waals surface area contributed by atoms with Gasteiger partial charge < -0.3 is 20.1 Å². The maximum absolute atomic E-state index is 11.4. The maximum atomic E-state index is 11.4. The van der Waals surface area contributed by atoms with Crippen molar-refractivity contribution < 1.29 is 24.9 Å². The van der Waals surface area contributed by atoms with Gasteiger partial charge in [0.25, 0.3) is 0 Å². The van der Waals surface area contributed by atoms with Crippen LogP contribution >= 0.6 is 0 Å². The van der Waals surface area contributed by atoms with Crippen molar-refractivity contribution in [2.24, 2.45) is 0 Å². The van der Waals surface area contributed by atoms with Crippen LogP contribution in [-0.4, -0.2) is 28.4 Å². The van der Waals surface area contributed by atoms with Gasteiger partial charge in [-0.2, -0.15) is 0 Å². The lowest BCUT2D eigenvalue weighted by Gasteiger charge is -2.16. The van der Waals surface area contributed by atoms with Crippen molar-refractivity contribution in [3.8, 4) is 11.5 Å². The summed E-state index contributed by atoms with van der Waals surface area (Å²) in [6.45, 7) is 3.70. The standard InChI is InChI=1S/C16H18O5/c1-8(2)10-5-13(18)15(16(19)20)12-6-14(21-3)9(7-17)4-11(10)12/h4-6,8,17-18H,7H2,1-3H3,(H,19,20). The average Bonchev–Trinajstić information content (AvgIpc) is 2.44. The molecule has 0 saturated carbocycles. The van der Waals surface area contributed by atoms with Gasteiger partial charge in [0.2, 0.25) is 0 Å². The topological polar surface area (TPSA) is 87.0 Å². The molecule has 0 bridgehead atoms. The van der Waals surface area contributed by atoms with Crippen LogP contribution in [0.25, 0.3) is 10.8 Å². The SMILES string of the molecule is COc1cc2c(C(=O)O)c(O)cc(C(C)C)c2cc1CO. The van der Waals surface area contributed by atoms with E-state index < -0.39 is 5.97 Å². The van der Waals surface area contributed by atoms with Crippen LogP contribution in [-0.2, 0) is 6.61 Å². The number of hydrogen-bond donors (Lipinski definition) is 3. The summed E-state index contributed by atoms with van der Waals surface area (Å²) >= 11 is 0. The van der Waals surface area contributed by atoms with E-state index in [1.807, 2.05) is 13.8 Å². The molecule has 0 atom stereocenters. The fourth-order valence-electron chi connectivity index (χ4n) is 2.52. The van der Waals surface area contributed by atoms with Crippen molar-refractivity contribution in [1.82, 2.24) is 0 Å². The monoisotopic (exact) mass is 290 g/mol. The Morgan fingerprint density at radius 1 is 1.24 bits per heavy atom. The summed E-state index contributed by atoms with van der Waals surface area (Å²) in [5, 5.41) is 29.9. The first kappa shape index (κ1) is 15.1. The zero-order valence-electron chi connectivity index (χ0n) is 12.2. The highest BCUT2D eigenvalue weighted by Crippen LogP contribution is 2.37. The number of hydrogen-bond acceptors (Lipinski definition) is 4. The van der Waals surface area contributed by atoms with Gasteiger partial charge in [-0.05, 0) is 35.1 Å². The van der Waals surface area contributed by atoms with E-state index in [0.29, 0.717) is 22.1 Å². The molecule has 21 heavy (non-hydrogen) atoms. The van der Waals surface area contributed by atoms with E-state index in [1.165, 1.54) is 13.2 Å². The molecule has 0 spiro atoms. The van der Waals surface area contributed by atoms with Gasteiger partial charge in [0.05, 0.1) is 13.7 Å². The van der Waals surface area contributed by atoms with Crippen molar-refractivity contribution in [3.05, 3.63) is 34.9 Å². The van der Waals surface area contributed by atoms with Crippen molar-refractivity contribution in [2.45, 2.75) is 26.4 Å². The number of carboxylic acids is 1. The first-order chi connectivity index (χ1) is 9.90. The maximum Gasteiger partial charge on any atom is 0.340 e. The zero-order valence-corrected chi connectivity index (χ0v) is 12.2. The van der Waals surface area contributed by atoms with Crippen LogP contribution < -0.4 is 4.74 Å². The third-order valence-electron chi connectivity index (χ3n) is 3.56. The van der Waals surface area contributed by atoms with Gasteiger partial charge in [0.1, 0.15) is 17.1 Å². The molecular formula is C16H18O5. The first-order valence-electron chi connectivity index (χ1n) is 6.61. The second-order valence-electron chi connectivity index (χ2n) is 5.19. The van der Waals surface area contributed by atoms with Gasteiger partial charge in [0, 0.05) is 10.9 Å². The second-order valence-corrected chi connectivity index (χ2v) is 5.19. The highest BCUT2D eigenvalue weighted by atomic mass is 16.5. The number of aromatic carboxylic acids is 1. The fourth-order valence-corrected chi connectivity index (χ4v) is 2.52. The summed E-state index contributed by atoms with van der Waals surface area (Å²) in [7, 11) is 1.45. The molecule has 5 nitrogen and oxygen atoms in total. The summed E-state index contributed by atoms with van der Waals surface area (Å²) in [6, 6.07) is 4.75. The Morgan fingerprint density at radius 3 is 2.38 bits per heavy atom. The predicted molar refractivity (Wildman–Crippen MR) is 79.1 cm³/mol.